The third-order valence-corrected chi connectivity index (χ3v) is 6.49. The Morgan fingerprint density at radius 2 is 2.10 bits per heavy atom. The molecule has 1 N–H and O–H groups in total. The van der Waals surface area contributed by atoms with Gasteiger partial charge in [-0.3, -0.25) is 9.48 Å². The van der Waals surface area contributed by atoms with E-state index < -0.39 is 0 Å². The van der Waals surface area contributed by atoms with Crippen molar-refractivity contribution in [2.45, 2.75) is 44.4 Å². The molecule has 2 aromatic heterocycles. The number of benzene rings is 1. The van der Waals surface area contributed by atoms with Crippen LogP contribution in [0.5, 0.6) is 5.75 Å². The normalized spacial score (nSPS) is 22.8. The van der Waals surface area contributed by atoms with Crippen molar-refractivity contribution >= 4 is 16.9 Å². The maximum atomic E-state index is 11.7. The average Bonchev–Trinajstić information content (AvgIpc) is 3.08. The zero-order valence-electron chi connectivity index (χ0n) is 17.0. The fraction of sp³-hybridized carbons (Fsp3) is 0.500. The number of carbonyl (C=O) groups is 1. The van der Waals surface area contributed by atoms with Crippen LogP contribution in [0.4, 0.5) is 0 Å². The number of imidazole rings is 1. The minimum Gasteiger partial charge on any atom is -0.488 e. The summed E-state index contributed by atoms with van der Waals surface area (Å²) in [4.78, 5) is 16.3. The molecule has 2 atom stereocenters. The first-order valence-electron chi connectivity index (χ1n) is 10.7. The highest BCUT2D eigenvalue weighted by Crippen LogP contribution is 2.41. The maximum absolute atomic E-state index is 11.7. The number of ether oxygens (including phenoxy) is 2. The number of hydrogen-bond donors (Lipinski definition) is 1. The number of amides is 1. The van der Waals surface area contributed by atoms with Crippen LogP contribution < -0.4 is 10.1 Å². The quantitative estimate of drug-likeness (QED) is 0.679. The smallest absolute Gasteiger partial charge is 0.220 e. The second-order valence-corrected chi connectivity index (χ2v) is 8.72. The monoisotopic (exact) mass is 407 g/mol. The van der Waals surface area contributed by atoms with E-state index in [1.165, 1.54) is 12.8 Å². The molecule has 30 heavy (non-hydrogen) atoms. The molecule has 3 fully saturated rings. The molecule has 156 valence electrons. The van der Waals surface area contributed by atoms with Gasteiger partial charge in [-0.1, -0.05) is 0 Å². The van der Waals surface area contributed by atoms with Gasteiger partial charge in [-0.05, 0) is 37.5 Å². The predicted molar refractivity (Wildman–Crippen MR) is 110 cm³/mol. The van der Waals surface area contributed by atoms with Gasteiger partial charge >= 0.3 is 0 Å². The molecular weight excluding hydrogens is 382 g/mol. The van der Waals surface area contributed by atoms with Crippen molar-refractivity contribution in [1.82, 2.24) is 24.6 Å². The van der Waals surface area contributed by atoms with Gasteiger partial charge in [-0.2, -0.15) is 5.10 Å². The van der Waals surface area contributed by atoms with E-state index in [1.54, 1.807) is 0 Å². The van der Waals surface area contributed by atoms with Crippen molar-refractivity contribution in [3.63, 3.8) is 0 Å². The van der Waals surface area contributed by atoms with Crippen molar-refractivity contribution in [3.05, 3.63) is 30.9 Å². The molecule has 1 amide bonds. The van der Waals surface area contributed by atoms with Gasteiger partial charge in [0, 0.05) is 36.7 Å². The van der Waals surface area contributed by atoms with Crippen molar-refractivity contribution in [1.29, 1.82) is 0 Å². The highest BCUT2D eigenvalue weighted by Gasteiger charge is 2.31. The summed E-state index contributed by atoms with van der Waals surface area (Å²) in [5, 5.41) is 7.44. The zero-order valence-corrected chi connectivity index (χ0v) is 17.0. The van der Waals surface area contributed by atoms with Crippen LogP contribution in [-0.2, 0) is 9.53 Å². The summed E-state index contributed by atoms with van der Waals surface area (Å²) in [5.74, 6) is 1.11. The molecule has 2 saturated heterocycles. The predicted octanol–water partition coefficient (Wildman–Crippen LogP) is 2.71. The molecule has 1 saturated carbocycles. The van der Waals surface area contributed by atoms with Crippen LogP contribution in [0.2, 0.25) is 0 Å². The van der Waals surface area contributed by atoms with Gasteiger partial charge in [0.25, 0.3) is 0 Å². The third-order valence-electron chi connectivity index (χ3n) is 6.49. The first-order chi connectivity index (χ1) is 14.7. The molecule has 0 bridgehead atoms. The first-order valence-corrected chi connectivity index (χ1v) is 10.7. The molecule has 6 rings (SSSR count). The van der Waals surface area contributed by atoms with Crippen molar-refractivity contribution in [2.75, 3.05) is 19.8 Å². The molecular formula is C22H25N5O3. The van der Waals surface area contributed by atoms with Gasteiger partial charge in [0.15, 0.2) is 0 Å². The van der Waals surface area contributed by atoms with E-state index in [2.05, 4.69) is 45.2 Å². The van der Waals surface area contributed by atoms with Crippen LogP contribution in [0.1, 0.15) is 38.3 Å². The van der Waals surface area contributed by atoms with Crippen molar-refractivity contribution in [3.8, 4) is 16.9 Å². The fourth-order valence-corrected chi connectivity index (χ4v) is 4.34. The van der Waals surface area contributed by atoms with Gasteiger partial charge in [-0.25, -0.2) is 4.98 Å². The Hall–Kier alpha value is -2.87. The molecule has 2 aliphatic heterocycles. The summed E-state index contributed by atoms with van der Waals surface area (Å²) in [7, 11) is 0. The lowest BCUT2D eigenvalue weighted by Gasteiger charge is -2.25. The molecule has 8 nitrogen and oxygen atoms in total. The molecule has 4 heterocycles. The number of nitrogens with zero attached hydrogens (tertiary/aromatic N) is 4. The van der Waals surface area contributed by atoms with Gasteiger partial charge in [-0.15, -0.1) is 0 Å². The molecule has 0 unspecified atom stereocenters. The lowest BCUT2D eigenvalue weighted by molar-refractivity contribution is -0.119. The molecule has 0 spiro atoms. The van der Waals surface area contributed by atoms with E-state index in [9.17, 15) is 4.79 Å². The zero-order chi connectivity index (χ0) is 20.2. The van der Waals surface area contributed by atoms with E-state index in [0.29, 0.717) is 38.3 Å². The van der Waals surface area contributed by atoms with Crippen molar-refractivity contribution in [2.24, 2.45) is 5.92 Å². The standard InChI is InChI=1S/C22H25N5O3/c1-13(15-6-21(28)23-7-15)30-20-5-14(16-8-25-27(9-16)18-10-29-11-18)4-19-22(20)26(12-24-19)17-2-3-17/h4-5,8-9,12-13,15,17-18H,2-3,6-7,10-11H2,1H3,(H,23,28)/t13-,15-/m1/s1. The summed E-state index contributed by atoms with van der Waals surface area (Å²) in [6, 6.07) is 5.04. The summed E-state index contributed by atoms with van der Waals surface area (Å²) in [6.07, 6.45) is 8.70. The summed E-state index contributed by atoms with van der Waals surface area (Å²) in [5.41, 5.74) is 4.06. The minimum absolute atomic E-state index is 0.0696. The summed E-state index contributed by atoms with van der Waals surface area (Å²) < 4.78 is 16.0. The van der Waals surface area contributed by atoms with Gasteiger partial charge in [0.1, 0.15) is 17.4 Å². The largest absolute Gasteiger partial charge is 0.488 e. The van der Waals surface area contributed by atoms with Gasteiger partial charge in [0.05, 0.1) is 37.3 Å². The lowest BCUT2D eigenvalue weighted by atomic mass is 10.0. The van der Waals surface area contributed by atoms with E-state index in [4.69, 9.17) is 9.47 Å². The topological polar surface area (TPSA) is 83.2 Å². The average molecular weight is 407 g/mol. The summed E-state index contributed by atoms with van der Waals surface area (Å²) >= 11 is 0. The van der Waals surface area contributed by atoms with Crippen LogP contribution in [0.3, 0.4) is 0 Å². The SMILES string of the molecule is C[C@@H](Oc1cc(-c2cnn(C3COC3)c2)cc2ncn(C3CC3)c12)[C@H]1CNC(=O)C1. The highest BCUT2D eigenvalue weighted by molar-refractivity contribution is 5.88. The van der Waals surface area contributed by atoms with Crippen LogP contribution >= 0.6 is 0 Å². The molecule has 8 heteroatoms. The molecule has 1 aromatic carbocycles. The highest BCUT2D eigenvalue weighted by atomic mass is 16.5. The number of nitrogens with one attached hydrogen (secondary N) is 1. The Balaban J connectivity index is 1.38. The maximum Gasteiger partial charge on any atom is 0.220 e. The van der Waals surface area contributed by atoms with E-state index in [0.717, 1.165) is 27.9 Å². The second kappa shape index (κ2) is 6.84. The van der Waals surface area contributed by atoms with E-state index >= 15 is 0 Å². The Labute approximate surface area is 174 Å². The van der Waals surface area contributed by atoms with Gasteiger partial charge in [0.2, 0.25) is 5.91 Å². The molecule has 0 radical (unpaired) electrons. The number of fused-ring (bicyclic) bond motifs is 1. The molecule has 3 aromatic rings. The lowest BCUT2D eigenvalue weighted by Crippen LogP contribution is -2.30. The number of hydrogen-bond acceptors (Lipinski definition) is 5. The number of rotatable bonds is 6. The Bertz CT molecular complexity index is 1110. The third kappa shape index (κ3) is 3.06. The number of carbonyl (C=O) groups excluding carboxylic acids is 1. The molecule has 1 aliphatic carbocycles. The summed E-state index contributed by atoms with van der Waals surface area (Å²) in [6.45, 7) is 4.15. The minimum atomic E-state index is -0.0696. The Morgan fingerprint density at radius 3 is 2.80 bits per heavy atom. The fourth-order valence-electron chi connectivity index (χ4n) is 4.34. The van der Waals surface area contributed by atoms with Gasteiger partial charge < -0.3 is 19.4 Å². The van der Waals surface area contributed by atoms with Crippen LogP contribution in [0.25, 0.3) is 22.2 Å². The van der Waals surface area contributed by atoms with E-state index in [-0.39, 0.29) is 17.9 Å². The Morgan fingerprint density at radius 1 is 1.23 bits per heavy atom. The second-order valence-electron chi connectivity index (χ2n) is 8.72. The Kier molecular flexibility index (Phi) is 4.09. The number of aromatic nitrogens is 4. The van der Waals surface area contributed by atoms with Crippen LogP contribution in [0.15, 0.2) is 30.9 Å². The van der Waals surface area contributed by atoms with Crippen LogP contribution in [0, 0.1) is 5.92 Å². The molecule has 3 aliphatic rings. The van der Waals surface area contributed by atoms with E-state index in [1.807, 2.05) is 17.2 Å². The van der Waals surface area contributed by atoms with Crippen molar-refractivity contribution < 1.29 is 14.3 Å². The first kappa shape index (κ1) is 17.9. The van der Waals surface area contributed by atoms with Crippen LogP contribution in [-0.4, -0.2) is 51.1 Å².